The second-order valence-corrected chi connectivity index (χ2v) is 5.78. The van der Waals surface area contributed by atoms with E-state index in [0.717, 1.165) is 11.5 Å². The maximum atomic E-state index is 4.48. The Morgan fingerprint density at radius 2 is 1.95 bits per heavy atom. The number of nitrogens with zero attached hydrogens (tertiary/aromatic N) is 3. The third-order valence-corrected chi connectivity index (χ3v) is 4.21. The van der Waals surface area contributed by atoms with Gasteiger partial charge in [-0.2, -0.15) is 0 Å². The molecule has 0 unspecified atom stereocenters. The standard InChI is InChI=1S/C17H22N4/c1-13(15-9-5-6-10-18-15)21-17-11-16(19-12-20-17)14-7-3-2-4-8-14/h5-6,9-14H,2-4,7-8H2,1H3,(H,19,20,21)/t13-/m1/s1. The smallest absolute Gasteiger partial charge is 0.130 e. The SMILES string of the molecule is C[C@@H](Nc1cc(C2CCCCC2)ncn1)c1ccccn1. The number of rotatable bonds is 4. The van der Waals surface area contributed by atoms with Crippen LogP contribution in [0.1, 0.15) is 62.4 Å². The maximum absolute atomic E-state index is 4.48. The fraction of sp³-hybridized carbons (Fsp3) is 0.471. The largest absolute Gasteiger partial charge is 0.362 e. The van der Waals surface area contributed by atoms with Crippen LogP contribution >= 0.6 is 0 Å². The van der Waals surface area contributed by atoms with E-state index in [4.69, 9.17) is 0 Å². The molecule has 110 valence electrons. The average molecular weight is 282 g/mol. The monoisotopic (exact) mass is 282 g/mol. The van der Waals surface area contributed by atoms with Gasteiger partial charge in [0.1, 0.15) is 12.1 Å². The van der Waals surface area contributed by atoms with E-state index in [0.29, 0.717) is 5.92 Å². The van der Waals surface area contributed by atoms with E-state index in [1.807, 2.05) is 24.4 Å². The molecule has 0 aliphatic heterocycles. The third-order valence-electron chi connectivity index (χ3n) is 4.21. The van der Waals surface area contributed by atoms with Gasteiger partial charge in [-0.25, -0.2) is 9.97 Å². The molecule has 0 saturated heterocycles. The Hall–Kier alpha value is -1.97. The topological polar surface area (TPSA) is 50.7 Å². The van der Waals surface area contributed by atoms with Gasteiger partial charge in [-0.15, -0.1) is 0 Å². The summed E-state index contributed by atoms with van der Waals surface area (Å²) >= 11 is 0. The van der Waals surface area contributed by atoms with Gasteiger partial charge >= 0.3 is 0 Å². The summed E-state index contributed by atoms with van der Waals surface area (Å²) in [5.41, 5.74) is 2.20. The first-order chi connectivity index (χ1) is 10.3. The fourth-order valence-corrected chi connectivity index (χ4v) is 3.00. The molecule has 4 nitrogen and oxygen atoms in total. The lowest BCUT2D eigenvalue weighted by Crippen LogP contribution is -2.11. The Kier molecular flexibility index (Phi) is 4.43. The van der Waals surface area contributed by atoms with Crippen molar-refractivity contribution in [3.05, 3.63) is 48.2 Å². The predicted octanol–water partition coefficient (Wildman–Crippen LogP) is 4.09. The zero-order valence-electron chi connectivity index (χ0n) is 12.5. The van der Waals surface area contributed by atoms with Crippen LogP contribution in [0, 0.1) is 0 Å². The molecule has 0 spiro atoms. The van der Waals surface area contributed by atoms with Crippen LogP contribution in [0.15, 0.2) is 36.8 Å². The van der Waals surface area contributed by atoms with Gasteiger partial charge in [0.05, 0.1) is 11.7 Å². The molecule has 0 bridgehead atoms. The number of pyridine rings is 1. The Balaban J connectivity index is 1.71. The zero-order chi connectivity index (χ0) is 14.5. The van der Waals surface area contributed by atoms with Gasteiger partial charge in [-0.1, -0.05) is 25.3 Å². The number of hydrogen-bond acceptors (Lipinski definition) is 4. The van der Waals surface area contributed by atoms with E-state index < -0.39 is 0 Å². The molecule has 0 radical (unpaired) electrons. The summed E-state index contributed by atoms with van der Waals surface area (Å²) in [5, 5.41) is 3.42. The minimum Gasteiger partial charge on any atom is -0.362 e. The van der Waals surface area contributed by atoms with E-state index in [2.05, 4.69) is 33.3 Å². The van der Waals surface area contributed by atoms with Crippen molar-refractivity contribution < 1.29 is 0 Å². The highest BCUT2D eigenvalue weighted by Gasteiger charge is 2.17. The molecule has 21 heavy (non-hydrogen) atoms. The molecule has 1 fully saturated rings. The lowest BCUT2D eigenvalue weighted by atomic mass is 9.87. The first-order valence-corrected chi connectivity index (χ1v) is 7.82. The van der Waals surface area contributed by atoms with Gasteiger partial charge in [0.15, 0.2) is 0 Å². The van der Waals surface area contributed by atoms with E-state index in [9.17, 15) is 0 Å². The number of aromatic nitrogens is 3. The van der Waals surface area contributed by atoms with Crippen LogP contribution < -0.4 is 5.32 Å². The summed E-state index contributed by atoms with van der Waals surface area (Å²) in [4.78, 5) is 13.2. The molecule has 3 rings (SSSR count). The third kappa shape index (κ3) is 3.57. The van der Waals surface area contributed by atoms with Crippen molar-refractivity contribution in [3.63, 3.8) is 0 Å². The van der Waals surface area contributed by atoms with Crippen molar-refractivity contribution in [1.29, 1.82) is 0 Å². The Morgan fingerprint density at radius 3 is 2.71 bits per heavy atom. The lowest BCUT2D eigenvalue weighted by Gasteiger charge is -2.21. The minimum absolute atomic E-state index is 0.139. The molecule has 0 aromatic carbocycles. The highest BCUT2D eigenvalue weighted by Crippen LogP contribution is 2.32. The second kappa shape index (κ2) is 6.66. The van der Waals surface area contributed by atoms with Gasteiger partial charge in [0.25, 0.3) is 0 Å². The fourth-order valence-electron chi connectivity index (χ4n) is 3.00. The molecule has 1 aliphatic carbocycles. The second-order valence-electron chi connectivity index (χ2n) is 5.78. The van der Waals surface area contributed by atoms with Crippen LogP contribution in [-0.4, -0.2) is 15.0 Å². The molecule has 1 saturated carbocycles. The number of anilines is 1. The Bertz CT molecular complexity index is 564. The van der Waals surface area contributed by atoms with Crippen molar-refractivity contribution in [2.75, 3.05) is 5.32 Å². The van der Waals surface area contributed by atoms with Crippen LogP contribution in [0.4, 0.5) is 5.82 Å². The summed E-state index contributed by atoms with van der Waals surface area (Å²) in [6.45, 7) is 2.10. The Morgan fingerprint density at radius 1 is 1.10 bits per heavy atom. The molecule has 1 N–H and O–H groups in total. The quantitative estimate of drug-likeness (QED) is 0.917. The van der Waals surface area contributed by atoms with Crippen LogP contribution in [-0.2, 0) is 0 Å². The normalized spacial score (nSPS) is 17.4. The summed E-state index contributed by atoms with van der Waals surface area (Å²) < 4.78 is 0. The molecule has 2 aromatic heterocycles. The molecule has 2 aromatic rings. The lowest BCUT2D eigenvalue weighted by molar-refractivity contribution is 0.436. The number of hydrogen-bond donors (Lipinski definition) is 1. The molecular formula is C17H22N4. The molecule has 1 atom stereocenters. The van der Waals surface area contributed by atoms with Gasteiger partial charge < -0.3 is 5.32 Å². The van der Waals surface area contributed by atoms with E-state index in [-0.39, 0.29) is 6.04 Å². The van der Waals surface area contributed by atoms with Crippen molar-refractivity contribution >= 4 is 5.82 Å². The van der Waals surface area contributed by atoms with Crippen molar-refractivity contribution in [1.82, 2.24) is 15.0 Å². The average Bonchev–Trinajstić information content (AvgIpc) is 2.57. The predicted molar refractivity (Wildman–Crippen MR) is 84.1 cm³/mol. The summed E-state index contributed by atoms with van der Waals surface area (Å²) in [5.74, 6) is 1.50. The highest BCUT2D eigenvalue weighted by molar-refractivity contribution is 5.38. The summed E-state index contributed by atoms with van der Waals surface area (Å²) in [7, 11) is 0. The van der Waals surface area contributed by atoms with Crippen LogP contribution in [0.2, 0.25) is 0 Å². The van der Waals surface area contributed by atoms with E-state index >= 15 is 0 Å². The molecule has 4 heteroatoms. The summed E-state index contributed by atoms with van der Waals surface area (Å²) in [6, 6.07) is 8.21. The van der Waals surface area contributed by atoms with Crippen LogP contribution in [0.25, 0.3) is 0 Å². The van der Waals surface area contributed by atoms with Crippen LogP contribution in [0.5, 0.6) is 0 Å². The van der Waals surface area contributed by atoms with Crippen molar-refractivity contribution in [2.45, 2.75) is 51.0 Å². The highest BCUT2D eigenvalue weighted by atomic mass is 15.0. The first kappa shape index (κ1) is 14.0. The van der Waals surface area contributed by atoms with Crippen molar-refractivity contribution in [2.24, 2.45) is 0 Å². The number of nitrogens with one attached hydrogen (secondary N) is 1. The van der Waals surface area contributed by atoms with Gasteiger partial charge in [-0.05, 0) is 31.9 Å². The van der Waals surface area contributed by atoms with Gasteiger partial charge in [-0.3, -0.25) is 4.98 Å². The van der Waals surface area contributed by atoms with Crippen LogP contribution in [0.3, 0.4) is 0 Å². The first-order valence-electron chi connectivity index (χ1n) is 7.82. The Labute approximate surface area is 126 Å². The van der Waals surface area contributed by atoms with Crippen molar-refractivity contribution in [3.8, 4) is 0 Å². The summed E-state index contributed by atoms with van der Waals surface area (Å²) in [6.07, 6.45) is 10.0. The molecule has 0 amide bonds. The van der Waals surface area contributed by atoms with Gasteiger partial charge in [0.2, 0.25) is 0 Å². The molecule has 2 heterocycles. The van der Waals surface area contributed by atoms with E-state index in [1.54, 1.807) is 6.33 Å². The molecule has 1 aliphatic rings. The van der Waals surface area contributed by atoms with Gasteiger partial charge in [0, 0.05) is 23.9 Å². The van der Waals surface area contributed by atoms with E-state index in [1.165, 1.54) is 37.8 Å². The maximum Gasteiger partial charge on any atom is 0.130 e. The zero-order valence-corrected chi connectivity index (χ0v) is 12.5. The molecular weight excluding hydrogens is 260 g/mol. The minimum atomic E-state index is 0.139.